The lowest BCUT2D eigenvalue weighted by Crippen LogP contribution is -2.27. The summed E-state index contributed by atoms with van der Waals surface area (Å²) < 4.78 is 0. The average molecular weight is 310 g/mol. The predicted molar refractivity (Wildman–Crippen MR) is 88.8 cm³/mol. The van der Waals surface area contributed by atoms with Crippen LogP contribution in [0, 0.1) is 11.8 Å². The first-order valence-electron chi connectivity index (χ1n) is 7.88. The normalized spacial score (nSPS) is 22.0. The van der Waals surface area contributed by atoms with Crippen molar-refractivity contribution >= 4 is 28.2 Å². The summed E-state index contributed by atoms with van der Waals surface area (Å²) in [4.78, 5) is 16.8. The van der Waals surface area contributed by atoms with Crippen LogP contribution in [0.1, 0.15) is 55.6 Å². The third-order valence-corrected chi connectivity index (χ3v) is 5.10. The topological polar surface area (TPSA) is 80.0 Å². The van der Waals surface area contributed by atoms with Gasteiger partial charge >= 0.3 is 0 Å². The maximum Gasteiger partial charge on any atom is 0.265 e. The van der Waals surface area contributed by atoms with Crippen molar-refractivity contribution in [1.82, 2.24) is 10.3 Å². The Kier molecular flexibility index (Phi) is 5.85. The fourth-order valence-corrected chi connectivity index (χ4v) is 3.88. The number of hydrogen-bond acceptors (Lipinski definition) is 5. The molecule has 1 saturated carbocycles. The van der Waals surface area contributed by atoms with Crippen molar-refractivity contribution in [3.8, 4) is 0 Å². The molecular weight excluding hydrogens is 284 g/mol. The quantitative estimate of drug-likeness (QED) is 0.754. The van der Waals surface area contributed by atoms with Gasteiger partial charge in [-0.15, -0.1) is 0 Å². The molecule has 1 aromatic rings. The smallest absolute Gasteiger partial charge is 0.265 e. The molecule has 1 heterocycles. The molecule has 1 aromatic heterocycles. The average Bonchev–Trinajstić information content (AvgIpc) is 2.80. The molecule has 0 bridgehead atoms. The number of rotatable bonds is 6. The molecule has 1 fully saturated rings. The molecule has 2 atom stereocenters. The fraction of sp³-hybridized carbons (Fsp3) is 0.733. The number of amides is 1. The molecule has 0 saturated heterocycles. The number of anilines is 2. The molecule has 1 aliphatic carbocycles. The summed E-state index contributed by atoms with van der Waals surface area (Å²) in [5.41, 5.74) is 5.80. The minimum absolute atomic E-state index is 0.0991. The predicted octanol–water partition coefficient (Wildman–Crippen LogP) is 3.10. The van der Waals surface area contributed by atoms with Gasteiger partial charge in [-0.2, -0.15) is 0 Å². The van der Waals surface area contributed by atoms with Crippen LogP contribution in [0.2, 0.25) is 0 Å². The van der Waals surface area contributed by atoms with Gasteiger partial charge in [0.2, 0.25) is 0 Å². The van der Waals surface area contributed by atoms with E-state index in [9.17, 15) is 4.79 Å². The highest BCUT2D eigenvalue weighted by molar-refractivity contribution is 7.18. The molecule has 2 rings (SSSR count). The van der Waals surface area contributed by atoms with Gasteiger partial charge in [0.15, 0.2) is 5.13 Å². The number of carbonyl (C=O) groups excluding carboxylic acids is 1. The van der Waals surface area contributed by atoms with E-state index >= 15 is 0 Å². The fourth-order valence-electron chi connectivity index (χ4n) is 3.01. The lowest BCUT2D eigenvalue weighted by atomic mass is 9.81. The second kappa shape index (κ2) is 7.64. The van der Waals surface area contributed by atoms with Crippen molar-refractivity contribution in [2.75, 3.05) is 24.1 Å². The largest absolute Gasteiger partial charge is 0.382 e. The van der Waals surface area contributed by atoms with Gasteiger partial charge in [-0.3, -0.25) is 4.79 Å². The number of hydrogen-bond donors (Lipinski definition) is 3. The third kappa shape index (κ3) is 4.59. The molecule has 2 unspecified atom stereocenters. The van der Waals surface area contributed by atoms with Crippen LogP contribution in [-0.4, -0.2) is 24.0 Å². The first kappa shape index (κ1) is 16.1. The standard InChI is InChI=1S/C15H26N4OS/c1-3-17-15-19-13(16)12(21-15)14(20)18-8-7-11-6-4-5-10(2)9-11/h10-11H,3-9,16H2,1-2H3,(H,17,19)(H,18,20). The zero-order valence-corrected chi connectivity index (χ0v) is 13.8. The van der Waals surface area contributed by atoms with Crippen molar-refractivity contribution in [3.63, 3.8) is 0 Å². The summed E-state index contributed by atoms with van der Waals surface area (Å²) in [7, 11) is 0. The van der Waals surface area contributed by atoms with Crippen LogP contribution in [-0.2, 0) is 0 Å². The summed E-state index contributed by atoms with van der Waals surface area (Å²) >= 11 is 1.32. The first-order chi connectivity index (χ1) is 10.1. The Balaban J connectivity index is 1.79. The summed E-state index contributed by atoms with van der Waals surface area (Å²) in [6.45, 7) is 5.81. The second-order valence-electron chi connectivity index (χ2n) is 5.95. The van der Waals surface area contributed by atoms with Crippen LogP contribution >= 0.6 is 11.3 Å². The molecule has 0 spiro atoms. The van der Waals surface area contributed by atoms with Crippen molar-refractivity contribution in [3.05, 3.63) is 4.88 Å². The van der Waals surface area contributed by atoms with Gasteiger partial charge in [-0.1, -0.05) is 37.5 Å². The van der Waals surface area contributed by atoms with E-state index in [0.717, 1.165) is 31.3 Å². The first-order valence-corrected chi connectivity index (χ1v) is 8.70. The minimum atomic E-state index is -0.0991. The van der Waals surface area contributed by atoms with Gasteiger partial charge in [-0.25, -0.2) is 4.98 Å². The van der Waals surface area contributed by atoms with Gasteiger partial charge in [0.25, 0.3) is 5.91 Å². The number of nitrogens with zero attached hydrogens (tertiary/aromatic N) is 1. The molecule has 21 heavy (non-hydrogen) atoms. The van der Waals surface area contributed by atoms with Crippen LogP contribution < -0.4 is 16.4 Å². The van der Waals surface area contributed by atoms with Crippen LogP contribution in [0.3, 0.4) is 0 Å². The number of nitrogens with two attached hydrogens (primary N) is 1. The Morgan fingerprint density at radius 2 is 2.29 bits per heavy atom. The van der Waals surface area contributed by atoms with Gasteiger partial charge in [0.1, 0.15) is 10.7 Å². The van der Waals surface area contributed by atoms with Crippen molar-refractivity contribution in [2.24, 2.45) is 11.8 Å². The zero-order chi connectivity index (χ0) is 15.2. The molecule has 1 aliphatic rings. The van der Waals surface area contributed by atoms with E-state index in [1.165, 1.54) is 37.0 Å². The number of carbonyl (C=O) groups is 1. The van der Waals surface area contributed by atoms with E-state index in [4.69, 9.17) is 5.73 Å². The van der Waals surface area contributed by atoms with Gasteiger partial charge in [0, 0.05) is 13.1 Å². The summed E-state index contributed by atoms with van der Waals surface area (Å²) in [6, 6.07) is 0. The van der Waals surface area contributed by atoms with Crippen LogP contribution in [0.15, 0.2) is 0 Å². The summed E-state index contributed by atoms with van der Waals surface area (Å²) in [5.74, 6) is 1.81. The van der Waals surface area contributed by atoms with Gasteiger partial charge in [0.05, 0.1) is 0 Å². The summed E-state index contributed by atoms with van der Waals surface area (Å²) in [5, 5.41) is 6.77. The highest BCUT2D eigenvalue weighted by Gasteiger charge is 2.20. The maximum atomic E-state index is 12.1. The Hall–Kier alpha value is -1.30. The van der Waals surface area contributed by atoms with E-state index in [2.05, 4.69) is 22.5 Å². The van der Waals surface area contributed by atoms with E-state index in [-0.39, 0.29) is 5.91 Å². The summed E-state index contributed by atoms with van der Waals surface area (Å²) in [6.07, 6.45) is 6.34. The third-order valence-electron chi connectivity index (χ3n) is 4.07. The van der Waals surface area contributed by atoms with Gasteiger partial charge < -0.3 is 16.4 Å². The molecule has 118 valence electrons. The SMILES string of the molecule is CCNc1nc(N)c(C(=O)NCCC2CCCC(C)C2)s1. The highest BCUT2D eigenvalue weighted by atomic mass is 32.1. The number of nitrogen functional groups attached to an aromatic ring is 1. The number of thiazole rings is 1. The lowest BCUT2D eigenvalue weighted by molar-refractivity contribution is 0.0954. The van der Waals surface area contributed by atoms with Crippen LogP contribution in [0.5, 0.6) is 0 Å². The molecule has 4 N–H and O–H groups in total. The Morgan fingerprint density at radius 1 is 1.48 bits per heavy atom. The lowest BCUT2D eigenvalue weighted by Gasteiger charge is -2.26. The van der Waals surface area contributed by atoms with Crippen molar-refractivity contribution in [1.29, 1.82) is 0 Å². The molecular formula is C15H26N4OS. The monoisotopic (exact) mass is 310 g/mol. The van der Waals surface area contributed by atoms with Crippen LogP contribution in [0.4, 0.5) is 10.9 Å². The Labute approximate surface area is 130 Å². The molecule has 6 heteroatoms. The van der Waals surface area contributed by atoms with Crippen molar-refractivity contribution < 1.29 is 4.79 Å². The number of nitrogens with one attached hydrogen (secondary N) is 2. The number of aromatic nitrogens is 1. The maximum absolute atomic E-state index is 12.1. The molecule has 1 amide bonds. The zero-order valence-electron chi connectivity index (χ0n) is 12.9. The van der Waals surface area contributed by atoms with E-state index in [1.54, 1.807) is 0 Å². The Bertz CT molecular complexity index is 474. The molecule has 5 nitrogen and oxygen atoms in total. The van der Waals surface area contributed by atoms with Gasteiger partial charge in [-0.05, 0) is 31.6 Å². The second-order valence-corrected chi connectivity index (χ2v) is 6.95. The molecule has 0 aromatic carbocycles. The minimum Gasteiger partial charge on any atom is -0.382 e. The van der Waals surface area contributed by atoms with Crippen LogP contribution in [0.25, 0.3) is 0 Å². The Morgan fingerprint density at radius 3 is 3.00 bits per heavy atom. The molecule has 0 aliphatic heterocycles. The van der Waals surface area contributed by atoms with E-state index in [0.29, 0.717) is 15.8 Å². The van der Waals surface area contributed by atoms with Crippen molar-refractivity contribution in [2.45, 2.75) is 46.0 Å². The van der Waals surface area contributed by atoms with E-state index < -0.39 is 0 Å². The highest BCUT2D eigenvalue weighted by Crippen LogP contribution is 2.30. The van der Waals surface area contributed by atoms with E-state index in [1.807, 2.05) is 6.92 Å². The molecule has 0 radical (unpaired) electrons.